The number of hydrogen-bond acceptors (Lipinski definition) is 6. The monoisotopic (exact) mass is 654 g/mol. The zero-order chi connectivity index (χ0) is 32.7. The summed E-state index contributed by atoms with van der Waals surface area (Å²) in [5.74, 6) is 1.32. The Kier molecular flexibility index (Phi) is 14.0. The quantitative estimate of drug-likeness (QED) is 0.108. The zero-order valence-corrected chi connectivity index (χ0v) is 27.3. The first-order chi connectivity index (χ1) is 21.8. The van der Waals surface area contributed by atoms with Crippen molar-refractivity contribution in [2.45, 2.75) is 69.6 Å². The first kappa shape index (κ1) is 35.7. The molecular weight excluding hydrogens is 611 g/mol. The van der Waals surface area contributed by atoms with Crippen LogP contribution in [0, 0.1) is 6.07 Å². The number of esters is 1. The fraction of sp³-hybridized carbons (Fsp3) is 0.342. The van der Waals surface area contributed by atoms with E-state index in [-0.39, 0.29) is 29.2 Å². The molecule has 1 fully saturated rings. The summed E-state index contributed by atoms with van der Waals surface area (Å²) >= 11 is 2.31. The SMILES string of the molecule is CC(=O)Oc1ccc(C(C)(CCCO)c2ccc(O)cc2)cc1.COc1ccc(C2(c3cc[c-]cc3)CCCCC2)cc1.[O]=[Co]. The Balaban J connectivity index is 0.000000234. The van der Waals surface area contributed by atoms with E-state index >= 15 is 0 Å². The van der Waals surface area contributed by atoms with E-state index in [9.17, 15) is 15.0 Å². The van der Waals surface area contributed by atoms with Crippen molar-refractivity contribution in [2.75, 3.05) is 13.7 Å². The Hall–Kier alpha value is -3.78. The number of phenolic OH excluding ortho intramolecular Hbond substituents is 1. The Morgan fingerprint density at radius 3 is 1.84 bits per heavy atom. The molecular formula is C38H43CoO6-. The van der Waals surface area contributed by atoms with E-state index in [0.717, 1.165) is 23.3 Å². The van der Waals surface area contributed by atoms with Crippen LogP contribution in [-0.2, 0) is 35.2 Å². The number of aliphatic hydroxyl groups is 1. The van der Waals surface area contributed by atoms with Crippen LogP contribution in [0.15, 0.2) is 97.1 Å². The van der Waals surface area contributed by atoms with Gasteiger partial charge in [0, 0.05) is 18.9 Å². The van der Waals surface area contributed by atoms with Crippen LogP contribution in [0.1, 0.15) is 81.0 Å². The van der Waals surface area contributed by atoms with Gasteiger partial charge in [-0.15, -0.1) is 5.56 Å². The molecule has 6 nitrogen and oxygen atoms in total. The van der Waals surface area contributed by atoms with E-state index in [1.54, 1.807) is 31.4 Å². The molecule has 1 atom stereocenters. The van der Waals surface area contributed by atoms with Crippen molar-refractivity contribution in [3.63, 3.8) is 0 Å². The molecule has 4 aromatic carbocycles. The van der Waals surface area contributed by atoms with Crippen molar-refractivity contribution >= 4 is 5.97 Å². The van der Waals surface area contributed by atoms with Gasteiger partial charge in [0.25, 0.3) is 0 Å². The molecule has 0 aromatic heterocycles. The minimum absolute atomic E-state index is 0.124. The van der Waals surface area contributed by atoms with Crippen LogP contribution in [0.5, 0.6) is 17.2 Å². The molecule has 0 saturated heterocycles. The first-order valence-electron chi connectivity index (χ1n) is 15.2. The third-order valence-corrected chi connectivity index (χ3v) is 8.71. The molecule has 0 radical (unpaired) electrons. The van der Waals surface area contributed by atoms with E-state index in [1.165, 1.54) is 50.2 Å². The van der Waals surface area contributed by atoms with Crippen LogP contribution in [0.4, 0.5) is 0 Å². The van der Waals surface area contributed by atoms with Gasteiger partial charge in [-0.25, -0.2) is 0 Å². The van der Waals surface area contributed by atoms with Gasteiger partial charge in [0.05, 0.1) is 7.11 Å². The normalized spacial score (nSPS) is 14.8. The van der Waals surface area contributed by atoms with E-state index < -0.39 is 0 Å². The molecule has 1 saturated carbocycles. The summed E-state index contributed by atoms with van der Waals surface area (Å²) in [6, 6.07) is 34.9. The van der Waals surface area contributed by atoms with Gasteiger partial charge in [0.1, 0.15) is 17.2 Å². The van der Waals surface area contributed by atoms with Gasteiger partial charge in [-0.05, 0) is 84.2 Å². The van der Waals surface area contributed by atoms with Gasteiger partial charge in [-0.2, -0.15) is 30.3 Å². The number of methoxy groups -OCH3 is 1. The second kappa shape index (κ2) is 17.6. The van der Waals surface area contributed by atoms with E-state index in [1.807, 2.05) is 36.4 Å². The Bertz CT molecular complexity index is 1430. The van der Waals surface area contributed by atoms with Gasteiger partial charge in [0.2, 0.25) is 0 Å². The summed E-state index contributed by atoms with van der Waals surface area (Å²) < 4.78 is 18.3. The molecule has 7 heteroatoms. The Morgan fingerprint density at radius 2 is 1.33 bits per heavy atom. The van der Waals surface area contributed by atoms with Crippen molar-refractivity contribution in [1.82, 2.24) is 0 Å². The van der Waals surface area contributed by atoms with Crippen LogP contribution in [0.3, 0.4) is 0 Å². The summed E-state index contributed by atoms with van der Waals surface area (Å²) in [5, 5.41) is 18.7. The number of rotatable bonds is 9. The summed E-state index contributed by atoms with van der Waals surface area (Å²) in [4.78, 5) is 11.0. The maximum atomic E-state index is 11.0. The number of benzene rings is 4. The molecule has 4 aromatic rings. The van der Waals surface area contributed by atoms with Crippen LogP contribution < -0.4 is 9.47 Å². The Labute approximate surface area is 275 Å². The van der Waals surface area contributed by atoms with Crippen molar-refractivity contribution in [3.8, 4) is 17.2 Å². The molecule has 1 aliphatic rings. The van der Waals surface area contributed by atoms with Crippen LogP contribution in [0.2, 0.25) is 0 Å². The molecule has 1 unspecified atom stereocenters. The third kappa shape index (κ3) is 9.36. The number of carbonyl (C=O) groups is 1. The summed E-state index contributed by atoms with van der Waals surface area (Å²) in [5.41, 5.74) is 4.85. The first-order valence-corrected chi connectivity index (χ1v) is 15.7. The predicted molar refractivity (Wildman–Crippen MR) is 171 cm³/mol. The van der Waals surface area contributed by atoms with E-state index in [2.05, 4.69) is 65.1 Å². The average Bonchev–Trinajstić information content (AvgIpc) is 3.09. The fourth-order valence-corrected chi connectivity index (χ4v) is 6.29. The second-order valence-corrected chi connectivity index (χ2v) is 11.5. The van der Waals surface area contributed by atoms with Gasteiger partial charge in [-0.3, -0.25) is 4.79 Å². The molecule has 0 aliphatic heterocycles. The molecule has 0 heterocycles. The van der Waals surface area contributed by atoms with Crippen LogP contribution >= 0.6 is 0 Å². The standard InChI is InChI=1S/C19H22O4.C19H21O.Co.O/c1-14(21)23-18-10-6-16(7-11-18)19(2,12-3-13-20)15-4-8-17(22)9-5-15;1-20-18-12-10-17(11-13-18)19(14-6-3-7-15-19)16-8-4-2-5-9-16;;/h4-11,20,22H,3,12-13H2,1-2H3;4-5,8-13H,3,6-7,14-15H2,1H3;;/q;-1;;. The van der Waals surface area contributed by atoms with Crippen molar-refractivity contribution in [1.29, 1.82) is 0 Å². The van der Waals surface area contributed by atoms with Crippen molar-refractivity contribution in [3.05, 3.63) is 125 Å². The maximum absolute atomic E-state index is 11.0. The second-order valence-electron chi connectivity index (χ2n) is 11.5. The number of carbonyl (C=O) groups excluding carboxylic acids is 1. The van der Waals surface area contributed by atoms with Crippen LogP contribution in [-0.4, -0.2) is 29.9 Å². The average molecular weight is 655 g/mol. The van der Waals surface area contributed by atoms with E-state index in [4.69, 9.17) is 13.3 Å². The summed E-state index contributed by atoms with van der Waals surface area (Å²) in [6.07, 6.45) is 7.89. The molecule has 0 bridgehead atoms. The molecule has 2 N–H and O–H groups in total. The number of aromatic hydroxyl groups is 1. The van der Waals surface area contributed by atoms with Gasteiger partial charge in [-0.1, -0.05) is 62.6 Å². The Morgan fingerprint density at radius 1 is 0.822 bits per heavy atom. The predicted octanol–water partition coefficient (Wildman–Crippen LogP) is 8.02. The summed E-state index contributed by atoms with van der Waals surface area (Å²) in [6.45, 7) is 3.60. The number of ether oxygens (including phenoxy) is 2. The van der Waals surface area contributed by atoms with Crippen LogP contribution in [0.25, 0.3) is 0 Å². The van der Waals surface area contributed by atoms with E-state index in [0.29, 0.717) is 12.2 Å². The molecule has 0 amide bonds. The van der Waals surface area contributed by atoms with Gasteiger partial charge in [0.15, 0.2) is 0 Å². The number of hydrogen-bond donors (Lipinski definition) is 2. The van der Waals surface area contributed by atoms with Crippen molar-refractivity contribution < 1.29 is 44.0 Å². The number of phenols is 1. The molecule has 0 spiro atoms. The van der Waals surface area contributed by atoms with Crippen molar-refractivity contribution in [2.24, 2.45) is 0 Å². The van der Waals surface area contributed by atoms with Gasteiger partial charge >= 0.3 is 25.5 Å². The topological polar surface area (TPSA) is 93.1 Å². The summed E-state index contributed by atoms with van der Waals surface area (Å²) in [7, 11) is 1.72. The third-order valence-electron chi connectivity index (χ3n) is 8.71. The number of aliphatic hydroxyl groups excluding tert-OH is 1. The molecule has 241 valence electrons. The molecule has 1 aliphatic carbocycles. The minimum atomic E-state index is -0.348. The fourth-order valence-electron chi connectivity index (χ4n) is 6.29. The molecule has 5 rings (SSSR count). The zero-order valence-electron chi connectivity index (χ0n) is 26.3. The molecule has 45 heavy (non-hydrogen) atoms. The van der Waals surface area contributed by atoms with Gasteiger partial charge < -0.3 is 19.7 Å².